The van der Waals surface area contributed by atoms with Crippen LogP contribution < -0.4 is 10.5 Å². The Kier molecular flexibility index (Phi) is 5.13. The SMILES string of the molecule is CCCN1CCOC(CN)C1c1ccc(OC)nc1. The molecule has 106 valence electrons. The molecule has 0 saturated carbocycles. The van der Waals surface area contributed by atoms with Crippen molar-refractivity contribution in [2.45, 2.75) is 25.5 Å². The monoisotopic (exact) mass is 265 g/mol. The van der Waals surface area contributed by atoms with E-state index in [-0.39, 0.29) is 12.1 Å². The van der Waals surface area contributed by atoms with Gasteiger partial charge in [-0.15, -0.1) is 0 Å². The summed E-state index contributed by atoms with van der Waals surface area (Å²) in [5, 5.41) is 0. The molecule has 0 spiro atoms. The van der Waals surface area contributed by atoms with Crippen LogP contribution in [-0.4, -0.2) is 49.3 Å². The van der Waals surface area contributed by atoms with E-state index in [4.69, 9.17) is 15.2 Å². The molecule has 1 aromatic heterocycles. The van der Waals surface area contributed by atoms with Crippen LogP contribution in [0.3, 0.4) is 0 Å². The third-order valence-corrected chi connectivity index (χ3v) is 3.51. The van der Waals surface area contributed by atoms with Gasteiger partial charge in [-0.25, -0.2) is 4.98 Å². The largest absolute Gasteiger partial charge is 0.481 e. The minimum atomic E-state index is 0.0375. The van der Waals surface area contributed by atoms with Gasteiger partial charge in [0, 0.05) is 25.4 Å². The zero-order valence-corrected chi connectivity index (χ0v) is 11.7. The number of morpholine rings is 1. The van der Waals surface area contributed by atoms with Gasteiger partial charge < -0.3 is 15.2 Å². The molecule has 2 rings (SSSR count). The molecule has 1 aromatic rings. The molecule has 0 bridgehead atoms. The van der Waals surface area contributed by atoms with Gasteiger partial charge in [0.1, 0.15) is 0 Å². The van der Waals surface area contributed by atoms with Crippen LogP contribution in [0, 0.1) is 0 Å². The van der Waals surface area contributed by atoms with Crippen LogP contribution in [0.5, 0.6) is 5.88 Å². The second-order valence-corrected chi connectivity index (χ2v) is 4.76. The third kappa shape index (κ3) is 3.23. The van der Waals surface area contributed by atoms with Crippen LogP contribution in [0.2, 0.25) is 0 Å². The Labute approximate surface area is 114 Å². The van der Waals surface area contributed by atoms with Crippen molar-refractivity contribution < 1.29 is 9.47 Å². The van der Waals surface area contributed by atoms with Crippen molar-refractivity contribution in [3.05, 3.63) is 23.9 Å². The van der Waals surface area contributed by atoms with Crippen LogP contribution in [0.4, 0.5) is 0 Å². The molecule has 5 heteroatoms. The van der Waals surface area contributed by atoms with Crippen LogP contribution in [-0.2, 0) is 4.74 Å². The van der Waals surface area contributed by atoms with Gasteiger partial charge in [-0.1, -0.05) is 13.0 Å². The van der Waals surface area contributed by atoms with Crippen molar-refractivity contribution in [2.75, 3.05) is 33.4 Å². The number of hydrogen-bond acceptors (Lipinski definition) is 5. The maximum atomic E-state index is 5.85. The van der Waals surface area contributed by atoms with E-state index in [0.717, 1.165) is 31.7 Å². The summed E-state index contributed by atoms with van der Waals surface area (Å²) in [4.78, 5) is 6.73. The third-order valence-electron chi connectivity index (χ3n) is 3.51. The van der Waals surface area contributed by atoms with Gasteiger partial charge in [-0.05, 0) is 18.5 Å². The van der Waals surface area contributed by atoms with Crippen LogP contribution in [0.25, 0.3) is 0 Å². The summed E-state index contributed by atoms with van der Waals surface area (Å²) >= 11 is 0. The average Bonchev–Trinajstić information content (AvgIpc) is 2.47. The lowest BCUT2D eigenvalue weighted by Gasteiger charge is -2.41. The molecule has 19 heavy (non-hydrogen) atoms. The highest BCUT2D eigenvalue weighted by molar-refractivity contribution is 5.22. The highest BCUT2D eigenvalue weighted by Crippen LogP contribution is 2.29. The molecule has 2 heterocycles. The smallest absolute Gasteiger partial charge is 0.212 e. The molecule has 1 saturated heterocycles. The molecule has 1 fully saturated rings. The van der Waals surface area contributed by atoms with E-state index in [1.165, 1.54) is 0 Å². The first-order valence-corrected chi connectivity index (χ1v) is 6.85. The van der Waals surface area contributed by atoms with Crippen molar-refractivity contribution in [1.29, 1.82) is 0 Å². The summed E-state index contributed by atoms with van der Waals surface area (Å²) in [6.45, 7) is 5.46. The Morgan fingerprint density at radius 1 is 1.53 bits per heavy atom. The van der Waals surface area contributed by atoms with Crippen molar-refractivity contribution >= 4 is 0 Å². The summed E-state index contributed by atoms with van der Waals surface area (Å²) in [6, 6.07) is 4.13. The number of rotatable bonds is 5. The molecule has 5 nitrogen and oxygen atoms in total. The topological polar surface area (TPSA) is 60.6 Å². The Hall–Kier alpha value is -1.17. The van der Waals surface area contributed by atoms with Gasteiger partial charge in [0.2, 0.25) is 5.88 Å². The molecule has 0 radical (unpaired) electrons. The van der Waals surface area contributed by atoms with Crippen LogP contribution >= 0.6 is 0 Å². The lowest BCUT2D eigenvalue weighted by atomic mass is 9.99. The fourth-order valence-corrected chi connectivity index (χ4v) is 2.63. The van der Waals surface area contributed by atoms with E-state index < -0.39 is 0 Å². The zero-order valence-electron chi connectivity index (χ0n) is 11.7. The molecule has 0 aromatic carbocycles. The van der Waals surface area contributed by atoms with Gasteiger partial charge in [-0.3, -0.25) is 4.90 Å². The minimum absolute atomic E-state index is 0.0375. The van der Waals surface area contributed by atoms with Gasteiger partial charge in [0.15, 0.2) is 0 Å². The predicted molar refractivity (Wildman–Crippen MR) is 74.2 cm³/mol. The van der Waals surface area contributed by atoms with Gasteiger partial charge >= 0.3 is 0 Å². The molecule has 1 aliphatic rings. The average molecular weight is 265 g/mol. The summed E-state index contributed by atoms with van der Waals surface area (Å²) in [5.41, 5.74) is 6.99. The van der Waals surface area contributed by atoms with Gasteiger partial charge in [0.05, 0.1) is 25.9 Å². The Bertz CT molecular complexity index is 381. The Balaban J connectivity index is 2.22. The fourth-order valence-electron chi connectivity index (χ4n) is 2.63. The summed E-state index contributed by atoms with van der Waals surface area (Å²) in [6.07, 6.45) is 3.02. The van der Waals surface area contributed by atoms with Crippen molar-refractivity contribution in [1.82, 2.24) is 9.88 Å². The highest BCUT2D eigenvalue weighted by Gasteiger charge is 2.32. The van der Waals surface area contributed by atoms with E-state index in [9.17, 15) is 0 Å². The first-order chi connectivity index (χ1) is 9.30. The van der Waals surface area contributed by atoms with Crippen molar-refractivity contribution in [2.24, 2.45) is 5.73 Å². The molecular formula is C14H23N3O2. The minimum Gasteiger partial charge on any atom is -0.481 e. The maximum absolute atomic E-state index is 5.85. The van der Waals surface area contributed by atoms with Crippen molar-refractivity contribution in [3.8, 4) is 5.88 Å². The molecule has 0 aliphatic carbocycles. The molecule has 2 unspecified atom stereocenters. The number of nitrogens with zero attached hydrogens (tertiary/aromatic N) is 2. The van der Waals surface area contributed by atoms with E-state index in [0.29, 0.717) is 12.4 Å². The standard InChI is InChI=1S/C14H23N3O2/c1-3-6-17-7-8-19-12(9-15)14(17)11-4-5-13(18-2)16-10-11/h4-5,10,12,14H,3,6-9,15H2,1-2H3. The summed E-state index contributed by atoms with van der Waals surface area (Å²) in [7, 11) is 1.62. The Morgan fingerprint density at radius 2 is 2.37 bits per heavy atom. The number of methoxy groups -OCH3 is 1. The molecule has 0 amide bonds. The van der Waals surface area contributed by atoms with E-state index in [2.05, 4.69) is 22.9 Å². The fraction of sp³-hybridized carbons (Fsp3) is 0.643. The quantitative estimate of drug-likeness (QED) is 0.867. The predicted octanol–water partition coefficient (Wildman–Crippen LogP) is 1.20. The second-order valence-electron chi connectivity index (χ2n) is 4.76. The summed E-state index contributed by atoms with van der Waals surface area (Å²) in [5.74, 6) is 0.631. The normalized spacial score (nSPS) is 24.4. The van der Waals surface area contributed by atoms with E-state index in [1.807, 2.05) is 12.3 Å². The molecule has 2 N–H and O–H groups in total. The molecule has 1 aliphatic heterocycles. The number of nitrogens with two attached hydrogens (primary N) is 1. The first kappa shape index (κ1) is 14.2. The number of hydrogen-bond donors (Lipinski definition) is 1. The van der Waals surface area contributed by atoms with Crippen LogP contribution in [0.15, 0.2) is 18.3 Å². The lowest BCUT2D eigenvalue weighted by Crippen LogP contribution is -2.48. The number of ether oxygens (including phenoxy) is 2. The lowest BCUT2D eigenvalue weighted by molar-refractivity contribution is -0.0677. The van der Waals surface area contributed by atoms with Crippen molar-refractivity contribution in [3.63, 3.8) is 0 Å². The second kappa shape index (κ2) is 6.84. The summed E-state index contributed by atoms with van der Waals surface area (Å²) < 4.78 is 10.9. The Morgan fingerprint density at radius 3 is 2.95 bits per heavy atom. The molecular weight excluding hydrogens is 242 g/mol. The highest BCUT2D eigenvalue weighted by atomic mass is 16.5. The number of aromatic nitrogens is 1. The van der Waals surface area contributed by atoms with Gasteiger partial charge in [-0.2, -0.15) is 0 Å². The van der Waals surface area contributed by atoms with Gasteiger partial charge in [0.25, 0.3) is 0 Å². The number of pyridine rings is 1. The van der Waals surface area contributed by atoms with E-state index in [1.54, 1.807) is 7.11 Å². The maximum Gasteiger partial charge on any atom is 0.212 e. The molecule has 2 atom stereocenters. The first-order valence-electron chi connectivity index (χ1n) is 6.85. The zero-order chi connectivity index (χ0) is 13.7. The van der Waals surface area contributed by atoms with E-state index >= 15 is 0 Å². The van der Waals surface area contributed by atoms with Crippen LogP contribution in [0.1, 0.15) is 24.9 Å².